The number of para-hydroxylation sites is 2. The molecule has 0 aliphatic heterocycles. The van der Waals surface area contributed by atoms with Gasteiger partial charge in [0.1, 0.15) is 24.7 Å². The van der Waals surface area contributed by atoms with E-state index in [1.54, 1.807) is 12.1 Å². The summed E-state index contributed by atoms with van der Waals surface area (Å²) in [5, 5.41) is 4.32. The predicted molar refractivity (Wildman–Crippen MR) is 104 cm³/mol. The predicted octanol–water partition coefficient (Wildman–Crippen LogP) is 3.83. The van der Waals surface area contributed by atoms with Crippen LogP contribution in [0.25, 0.3) is 0 Å². The monoisotopic (exact) mass is 362 g/mol. The highest BCUT2D eigenvalue weighted by molar-refractivity contribution is 5.99. The van der Waals surface area contributed by atoms with Gasteiger partial charge in [0.15, 0.2) is 0 Å². The first kappa shape index (κ1) is 17.3. The molecule has 0 radical (unpaired) electrons. The van der Waals surface area contributed by atoms with Crippen molar-refractivity contribution in [2.45, 2.75) is 12.8 Å². The third-order valence-corrected chi connectivity index (χ3v) is 4.95. The Bertz CT molecular complexity index is 861. The first-order chi connectivity index (χ1) is 13.3. The van der Waals surface area contributed by atoms with Crippen molar-refractivity contribution in [3.63, 3.8) is 0 Å². The van der Waals surface area contributed by atoms with E-state index in [2.05, 4.69) is 22.7 Å². The van der Waals surface area contributed by atoms with Crippen molar-refractivity contribution in [3.05, 3.63) is 72.3 Å². The summed E-state index contributed by atoms with van der Waals surface area (Å²) in [6, 6.07) is 16.7. The van der Waals surface area contributed by atoms with Crippen molar-refractivity contribution < 1.29 is 14.3 Å². The van der Waals surface area contributed by atoms with Crippen LogP contribution in [0.5, 0.6) is 11.5 Å². The van der Waals surface area contributed by atoms with Gasteiger partial charge in [0, 0.05) is 11.6 Å². The minimum atomic E-state index is -0.253. The highest BCUT2D eigenvalue weighted by Gasteiger charge is 2.38. The molecule has 1 saturated carbocycles. The molecule has 138 valence electrons. The molecule has 2 aliphatic carbocycles. The van der Waals surface area contributed by atoms with Crippen LogP contribution in [0.1, 0.15) is 23.2 Å². The first-order valence-electron chi connectivity index (χ1n) is 9.24. The average molecular weight is 362 g/mol. The summed E-state index contributed by atoms with van der Waals surface area (Å²) < 4.78 is 11.4. The van der Waals surface area contributed by atoms with E-state index in [4.69, 9.17) is 9.47 Å². The zero-order chi connectivity index (χ0) is 18.5. The molecule has 0 bridgehead atoms. The Balaban J connectivity index is 1.30. The normalized spacial score (nSPS) is 21.4. The molecule has 2 aliphatic rings. The van der Waals surface area contributed by atoms with E-state index in [1.807, 2.05) is 42.5 Å². The number of amides is 1. The molecule has 2 aromatic rings. The Morgan fingerprint density at radius 3 is 2.67 bits per heavy atom. The summed E-state index contributed by atoms with van der Waals surface area (Å²) in [5.41, 5.74) is 4.23. The van der Waals surface area contributed by atoms with Gasteiger partial charge < -0.3 is 9.47 Å². The largest absolute Gasteiger partial charge is 0.490 e. The molecule has 0 spiro atoms. The van der Waals surface area contributed by atoms with Crippen molar-refractivity contribution in [2.24, 2.45) is 16.9 Å². The minimum Gasteiger partial charge on any atom is -0.490 e. The van der Waals surface area contributed by atoms with Crippen molar-refractivity contribution in [2.75, 3.05) is 13.2 Å². The second-order valence-electron chi connectivity index (χ2n) is 6.69. The molecule has 5 heteroatoms. The van der Waals surface area contributed by atoms with E-state index in [1.165, 1.54) is 0 Å². The minimum absolute atomic E-state index is 0.253. The summed E-state index contributed by atoms with van der Waals surface area (Å²) in [4.78, 5) is 12.5. The Morgan fingerprint density at radius 1 is 1.04 bits per heavy atom. The summed E-state index contributed by atoms with van der Waals surface area (Å²) in [7, 11) is 0. The quantitative estimate of drug-likeness (QED) is 0.463. The van der Waals surface area contributed by atoms with Gasteiger partial charge in [0.25, 0.3) is 5.91 Å². The summed E-state index contributed by atoms with van der Waals surface area (Å²) >= 11 is 0. The van der Waals surface area contributed by atoms with E-state index < -0.39 is 0 Å². The fraction of sp³-hybridized carbons (Fsp3) is 0.273. The number of rotatable bonds is 7. The lowest BCUT2D eigenvalue weighted by atomic mass is 9.74. The molecule has 0 heterocycles. The lowest BCUT2D eigenvalue weighted by molar-refractivity contribution is 0.0948. The molecule has 1 fully saturated rings. The fourth-order valence-corrected chi connectivity index (χ4v) is 3.45. The number of nitrogens with one attached hydrogen (secondary N) is 1. The van der Waals surface area contributed by atoms with Gasteiger partial charge in [-0.3, -0.25) is 4.79 Å². The number of benzene rings is 2. The van der Waals surface area contributed by atoms with Crippen LogP contribution in [0.3, 0.4) is 0 Å². The zero-order valence-electron chi connectivity index (χ0n) is 15.0. The summed E-state index contributed by atoms with van der Waals surface area (Å²) in [6.45, 7) is 0.751. The van der Waals surface area contributed by atoms with Crippen LogP contribution in [0.2, 0.25) is 0 Å². The number of carbonyl (C=O) groups excluding carboxylic acids is 1. The third kappa shape index (κ3) is 4.03. The Kier molecular flexibility index (Phi) is 5.19. The lowest BCUT2D eigenvalue weighted by Crippen LogP contribution is -2.35. The molecular weight excluding hydrogens is 340 g/mol. The van der Waals surface area contributed by atoms with E-state index >= 15 is 0 Å². The molecule has 0 aromatic heterocycles. The molecule has 0 saturated heterocycles. The zero-order valence-corrected chi connectivity index (χ0v) is 15.0. The van der Waals surface area contributed by atoms with Gasteiger partial charge in [-0.25, -0.2) is 5.43 Å². The average Bonchev–Trinajstić information content (AvgIpc) is 3.07. The van der Waals surface area contributed by atoms with Gasteiger partial charge in [0.05, 0.1) is 5.56 Å². The van der Waals surface area contributed by atoms with Crippen molar-refractivity contribution in [3.8, 4) is 11.5 Å². The molecule has 4 rings (SSSR count). The third-order valence-electron chi connectivity index (χ3n) is 4.95. The van der Waals surface area contributed by atoms with Gasteiger partial charge in [-0.05, 0) is 43.0 Å². The van der Waals surface area contributed by atoms with Crippen molar-refractivity contribution in [1.82, 2.24) is 5.43 Å². The van der Waals surface area contributed by atoms with E-state index in [0.29, 0.717) is 36.4 Å². The van der Waals surface area contributed by atoms with Crippen LogP contribution in [-0.4, -0.2) is 24.8 Å². The van der Waals surface area contributed by atoms with E-state index in [0.717, 1.165) is 24.3 Å². The number of carbonyl (C=O) groups is 1. The standard InChI is InChI=1S/C22H22N2O3/c25-22(24-23-20-15-16-7-6-11-18(16)20)19-10-4-5-12-21(19)27-14-13-26-17-8-2-1-3-9-17/h1-10,12,16,18H,11,13-15H2,(H,24,25)/b23-20-/t16-,18+/m0/s1. The maximum Gasteiger partial charge on any atom is 0.275 e. The van der Waals surface area contributed by atoms with Crippen LogP contribution < -0.4 is 14.9 Å². The van der Waals surface area contributed by atoms with Crippen molar-refractivity contribution in [1.29, 1.82) is 0 Å². The maximum atomic E-state index is 12.5. The molecule has 2 atom stereocenters. The van der Waals surface area contributed by atoms with Crippen LogP contribution >= 0.6 is 0 Å². The van der Waals surface area contributed by atoms with Gasteiger partial charge >= 0.3 is 0 Å². The van der Waals surface area contributed by atoms with Crippen LogP contribution in [0, 0.1) is 11.8 Å². The van der Waals surface area contributed by atoms with Gasteiger partial charge in [0.2, 0.25) is 0 Å². The molecular formula is C22H22N2O3. The van der Waals surface area contributed by atoms with Crippen LogP contribution in [0.4, 0.5) is 0 Å². The SMILES string of the molecule is O=C(N/N=C1/C[C@@H]2C=CC[C@@H]12)c1ccccc1OCCOc1ccccc1. The smallest absolute Gasteiger partial charge is 0.275 e. The number of ether oxygens (including phenoxy) is 2. The molecule has 1 amide bonds. The fourth-order valence-electron chi connectivity index (χ4n) is 3.45. The molecule has 1 N–H and O–H groups in total. The van der Waals surface area contributed by atoms with Gasteiger partial charge in [-0.1, -0.05) is 42.5 Å². The van der Waals surface area contributed by atoms with Crippen molar-refractivity contribution >= 4 is 11.6 Å². The van der Waals surface area contributed by atoms with Gasteiger partial charge in [-0.15, -0.1) is 0 Å². The molecule has 0 unspecified atom stereocenters. The number of hydrazone groups is 1. The van der Waals surface area contributed by atoms with E-state index in [9.17, 15) is 4.79 Å². The molecule has 2 aromatic carbocycles. The summed E-state index contributed by atoms with van der Waals surface area (Å²) in [5.74, 6) is 2.16. The Hall–Kier alpha value is -3.08. The van der Waals surface area contributed by atoms with E-state index in [-0.39, 0.29) is 5.91 Å². The lowest BCUT2D eigenvalue weighted by Gasteiger charge is -2.31. The first-order valence-corrected chi connectivity index (χ1v) is 9.24. The number of hydrogen-bond donors (Lipinski definition) is 1. The van der Waals surface area contributed by atoms with Gasteiger partial charge in [-0.2, -0.15) is 5.10 Å². The second-order valence-corrected chi connectivity index (χ2v) is 6.69. The number of fused-ring (bicyclic) bond motifs is 1. The second kappa shape index (κ2) is 8.08. The number of nitrogens with zero attached hydrogens (tertiary/aromatic N) is 1. The number of hydrogen-bond acceptors (Lipinski definition) is 4. The Labute approximate surface area is 158 Å². The van der Waals surface area contributed by atoms with Crippen LogP contribution in [0.15, 0.2) is 71.9 Å². The molecule has 5 nitrogen and oxygen atoms in total. The summed E-state index contributed by atoms with van der Waals surface area (Å²) in [6.07, 6.45) is 6.41. The number of allylic oxidation sites excluding steroid dienone is 2. The Morgan fingerprint density at radius 2 is 1.81 bits per heavy atom. The molecule has 27 heavy (non-hydrogen) atoms. The maximum absolute atomic E-state index is 12.5. The highest BCUT2D eigenvalue weighted by atomic mass is 16.5. The topological polar surface area (TPSA) is 59.9 Å². The highest BCUT2D eigenvalue weighted by Crippen LogP contribution is 2.40. The van der Waals surface area contributed by atoms with Crippen LogP contribution in [-0.2, 0) is 0 Å².